The maximum absolute atomic E-state index is 12.2. The Kier molecular flexibility index (Phi) is 4.32. The summed E-state index contributed by atoms with van der Waals surface area (Å²) >= 11 is 5.69. The van der Waals surface area contributed by atoms with Crippen LogP contribution < -0.4 is 0 Å². The average Bonchev–Trinajstić information content (AvgIpc) is 2.41. The van der Waals surface area contributed by atoms with Gasteiger partial charge in [0.1, 0.15) is 4.90 Å². The summed E-state index contributed by atoms with van der Waals surface area (Å²) in [7, 11) is -3.28. The van der Waals surface area contributed by atoms with E-state index in [1.807, 2.05) is 0 Å². The number of hydrogen-bond acceptors (Lipinski definition) is 5. The molecule has 0 aliphatic carbocycles. The maximum atomic E-state index is 12.2. The lowest BCUT2D eigenvalue weighted by atomic mass is 10.3. The van der Waals surface area contributed by atoms with Gasteiger partial charge in [0.15, 0.2) is 0 Å². The minimum Gasteiger partial charge on any atom is -0.258 e. The van der Waals surface area contributed by atoms with Crippen LogP contribution in [0.25, 0.3) is 0 Å². The molecule has 0 radical (unpaired) electrons. The fraction of sp³-hybridized carbons (Fsp3) is 0. The molecule has 0 atom stereocenters. The molecule has 0 heterocycles. The zero-order valence-corrected chi connectivity index (χ0v) is 12.3. The van der Waals surface area contributed by atoms with Crippen LogP contribution in [0, 0.1) is 10.1 Å². The van der Waals surface area contributed by atoms with Crippen LogP contribution in [0.2, 0.25) is 5.02 Å². The quantitative estimate of drug-likeness (QED) is 0.485. The highest BCUT2D eigenvalue weighted by molar-refractivity contribution is 8.72. The van der Waals surface area contributed by atoms with E-state index in [1.54, 1.807) is 18.2 Å². The van der Waals surface area contributed by atoms with Gasteiger partial charge >= 0.3 is 0 Å². The second kappa shape index (κ2) is 5.82. The van der Waals surface area contributed by atoms with E-state index in [9.17, 15) is 18.5 Å². The van der Waals surface area contributed by atoms with Crippen molar-refractivity contribution in [2.45, 2.75) is 9.79 Å². The Morgan fingerprint density at radius 2 is 1.75 bits per heavy atom. The number of nitro benzene ring substituents is 1. The SMILES string of the molecule is O=[N+]([O-])c1cc(Cl)ccc1SS(=O)(=O)c1ccccc1. The van der Waals surface area contributed by atoms with Crippen molar-refractivity contribution >= 4 is 37.0 Å². The van der Waals surface area contributed by atoms with Crippen LogP contribution in [0.15, 0.2) is 58.3 Å². The number of nitro groups is 1. The molecule has 2 aromatic carbocycles. The molecule has 0 bridgehead atoms. The number of nitrogens with zero attached hydrogens (tertiary/aromatic N) is 1. The smallest absolute Gasteiger partial charge is 0.258 e. The molecule has 0 fully saturated rings. The second-order valence-corrected chi connectivity index (χ2v) is 7.96. The van der Waals surface area contributed by atoms with E-state index in [-0.39, 0.29) is 20.5 Å². The third-order valence-corrected chi connectivity index (χ3v) is 5.95. The lowest BCUT2D eigenvalue weighted by Gasteiger charge is -2.04. The molecule has 5 nitrogen and oxygen atoms in total. The van der Waals surface area contributed by atoms with E-state index >= 15 is 0 Å². The highest BCUT2D eigenvalue weighted by Crippen LogP contribution is 2.37. The largest absolute Gasteiger partial charge is 0.285 e. The fourth-order valence-corrected chi connectivity index (χ4v) is 4.54. The number of benzene rings is 2. The monoisotopic (exact) mass is 329 g/mol. The molecule has 0 N–H and O–H groups in total. The molecule has 0 spiro atoms. The van der Waals surface area contributed by atoms with Gasteiger partial charge in [0.25, 0.3) is 5.69 Å². The Bertz CT molecular complexity index is 747. The molecule has 8 heteroatoms. The topological polar surface area (TPSA) is 77.3 Å². The van der Waals surface area contributed by atoms with E-state index in [1.165, 1.54) is 24.3 Å². The predicted octanol–water partition coefficient (Wildman–Crippen LogP) is 3.73. The standard InChI is InChI=1S/C12H8ClNO4S2/c13-9-6-7-12(11(8-9)14(15)16)19-20(17,18)10-4-2-1-3-5-10/h1-8H. The molecule has 0 aromatic heterocycles. The minimum atomic E-state index is -3.71. The molecular formula is C12H8ClNO4S2. The summed E-state index contributed by atoms with van der Waals surface area (Å²) in [6.07, 6.45) is 0. The van der Waals surface area contributed by atoms with Crippen molar-refractivity contribution < 1.29 is 13.3 Å². The molecular weight excluding hydrogens is 322 g/mol. The second-order valence-electron chi connectivity index (χ2n) is 3.72. The van der Waals surface area contributed by atoms with E-state index < -0.39 is 13.8 Å². The first-order valence-corrected chi connectivity index (χ1v) is 8.53. The van der Waals surface area contributed by atoms with Crippen LogP contribution in [0.4, 0.5) is 5.69 Å². The van der Waals surface area contributed by atoms with Gasteiger partial charge in [0.05, 0.1) is 9.82 Å². The molecule has 2 aromatic rings. The molecule has 20 heavy (non-hydrogen) atoms. The average molecular weight is 330 g/mol. The van der Waals surface area contributed by atoms with Crippen molar-refractivity contribution in [2.75, 3.05) is 0 Å². The first kappa shape index (κ1) is 14.8. The molecule has 2 rings (SSSR count). The third-order valence-electron chi connectivity index (χ3n) is 2.35. The van der Waals surface area contributed by atoms with E-state index in [2.05, 4.69) is 0 Å². The summed E-state index contributed by atoms with van der Waals surface area (Å²) in [6, 6.07) is 11.6. The molecule has 0 amide bonds. The van der Waals surface area contributed by atoms with Crippen molar-refractivity contribution in [1.82, 2.24) is 0 Å². The Morgan fingerprint density at radius 3 is 2.35 bits per heavy atom. The van der Waals surface area contributed by atoms with Crippen LogP contribution in [0.3, 0.4) is 0 Å². The molecule has 0 saturated heterocycles. The zero-order chi connectivity index (χ0) is 14.8. The van der Waals surface area contributed by atoms with Gasteiger partial charge in [-0.25, -0.2) is 8.42 Å². The molecule has 0 aliphatic rings. The van der Waals surface area contributed by atoms with Crippen LogP contribution in [0.1, 0.15) is 0 Å². The molecule has 0 aliphatic heterocycles. The highest BCUT2D eigenvalue weighted by atomic mass is 35.5. The van der Waals surface area contributed by atoms with Crippen LogP contribution in [-0.4, -0.2) is 13.3 Å². The summed E-state index contributed by atoms with van der Waals surface area (Å²) in [4.78, 5) is 10.4. The number of rotatable bonds is 4. The highest BCUT2D eigenvalue weighted by Gasteiger charge is 2.23. The molecule has 0 unspecified atom stereocenters. The van der Waals surface area contributed by atoms with Crippen LogP contribution in [0.5, 0.6) is 0 Å². The van der Waals surface area contributed by atoms with E-state index in [0.29, 0.717) is 10.8 Å². The van der Waals surface area contributed by atoms with Crippen molar-refractivity contribution in [2.24, 2.45) is 0 Å². The van der Waals surface area contributed by atoms with Gasteiger partial charge in [0, 0.05) is 21.9 Å². The summed E-state index contributed by atoms with van der Waals surface area (Å²) < 4.78 is 24.3. The predicted molar refractivity (Wildman–Crippen MR) is 77.6 cm³/mol. The van der Waals surface area contributed by atoms with Crippen LogP contribution in [-0.2, 0) is 8.87 Å². The normalized spacial score (nSPS) is 11.2. The summed E-state index contributed by atoms with van der Waals surface area (Å²) in [5, 5.41) is 11.1. The third kappa shape index (κ3) is 3.30. The van der Waals surface area contributed by atoms with E-state index in [4.69, 9.17) is 11.6 Å². The Morgan fingerprint density at radius 1 is 1.10 bits per heavy atom. The van der Waals surface area contributed by atoms with Gasteiger partial charge in [-0.15, -0.1) is 0 Å². The van der Waals surface area contributed by atoms with Crippen molar-refractivity contribution in [3.8, 4) is 0 Å². The van der Waals surface area contributed by atoms with Crippen LogP contribution >= 0.6 is 22.4 Å². The van der Waals surface area contributed by atoms with Gasteiger partial charge in [-0.05, 0) is 24.3 Å². The minimum absolute atomic E-state index is 0.0308. The van der Waals surface area contributed by atoms with Gasteiger partial charge in [-0.2, -0.15) is 0 Å². The summed E-state index contributed by atoms with van der Waals surface area (Å²) in [6.45, 7) is 0. The first-order chi connectivity index (χ1) is 9.40. The Labute approximate surface area is 124 Å². The van der Waals surface area contributed by atoms with Crippen molar-refractivity contribution in [3.05, 3.63) is 63.7 Å². The van der Waals surface area contributed by atoms with Crippen molar-refractivity contribution in [1.29, 1.82) is 0 Å². The van der Waals surface area contributed by atoms with Gasteiger partial charge in [0.2, 0.25) is 8.87 Å². The van der Waals surface area contributed by atoms with Gasteiger partial charge in [-0.1, -0.05) is 29.8 Å². The van der Waals surface area contributed by atoms with Gasteiger partial charge < -0.3 is 0 Å². The van der Waals surface area contributed by atoms with Gasteiger partial charge in [-0.3, -0.25) is 10.1 Å². The Balaban J connectivity index is 2.43. The maximum Gasteiger partial charge on any atom is 0.285 e. The molecule has 104 valence electrons. The fourth-order valence-electron chi connectivity index (χ4n) is 1.46. The first-order valence-electron chi connectivity index (χ1n) is 5.33. The Hall–Kier alpha value is -1.57. The van der Waals surface area contributed by atoms with E-state index in [0.717, 1.165) is 6.07 Å². The lowest BCUT2D eigenvalue weighted by Crippen LogP contribution is -1.97. The summed E-state index contributed by atoms with van der Waals surface area (Å²) in [5.41, 5.74) is -0.331. The lowest BCUT2D eigenvalue weighted by molar-refractivity contribution is -0.387. The zero-order valence-electron chi connectivity index (χ0n) is 9.89. The number of hydrogen-bond donors (Lipinski definition) is 0. The number of halogens is 1. The van der Waals surface area contributed by atoms with Crippen molar-refractivity contribution in [3.63, 3.8) is 0 Å². The summed E-state index contributed by atoms with van der Waals surface area (Å²) in [5.74, 6) is 0. The molecule has 0 saturated carbocycles.